The average Bonchev–Trinajstić information content (AvgIpc) is 1.65. The van der Waals surface area contributed by atoms with Crippen LogP contribution in [-0.4, -0.2) is 22.1 Å². The molecule has 0 aromatic heterocycles. The molecule has 0 aromatic rings. The first kappa shape index (κ1) is 8.55. The summed E-state index contributed by atoms with van der Waals surface area (Å²) < 4.78 is 22.4. The zero-order chi connectivity index (χ0) is 6.57. The van der Waals surface area contributed by atoms with Gasteiger partial charge < -0.3 is 5.11 Å². The van der Waals surface area contributed by atoms with E-state index in [4.69, 9.17) is 5.11 Å². The van der Waals surface area contributed by atoms with Crippen LogP contribution < -0.4 is 0 Å². The second-order valence-electron chi connectivity index (χ2n) is 1.41. The number of hydrogen-bond acceptors (Lipinski definition) is 1. The molecule has 0 saturated carbocycles. The molecule has 0 amide bonds. The van der Waals surface area contributed by atoms with Crippen LogP contribution in [0.25, 0.3) is 0 Å². The third-order valence-corrected chi connectivity index (χ3v) is 1.53. The minimum absolute atomic E-state index is 0.162. The highest BCUT2D eigenvalue weighted by molar-refractivity contribution is 14.1. The molecule has 0 saturated heterocycles. The summed E-state index contributed by atoms with van der Waals surface area (Å²) in [4.78, 5) is 0. The number of aliphatic hydroxyl groups excluding tert-OH is 1. The second kappa shape index (κ2) is 4.43. The first-order chi connectivity index (χ1) is 3.66. The summed E-state index contributed by atoms with van der Waals surface area (Å²) in [6, 6.07) is 0. The Labute approximate surface area is 60.2 Å². The van der Waals surface area contributed by atoms with E-state index in [0.717, 1.165) is 0 Å². The quantitative estimate of drug-likeness (QED) is 0.580. The van der Waals surface area contributed by atoms with Crippen molar-refractivity contribution in [2.24, 2.45) is 0 Å². The first-order valence-electron chi connectivity index (χ1n) is 2.20. The molecule has 0 aliphatic heterocycles. The van der Waals surface area contributed by atoms with Crippen molar-refractivity contribution < 1.29 is 13.9 Å². The molecule has 1 N–H and O–H groups in total. The van der Waals surface area contributed by atoms with Crippen molar-refractivity contribution in [3.05, 3.63) is 0 Å². The Bertz CT molecular complexity index is 60.0. The van der Waals surface area contributed by atoms with Gasteiger partial charge in [-0.15, -0.1) is 0 Å². The molecule has 8 heavy (non-hydrogen) atoms. The lowest BCUT2D eigenvalue weighted by Crippen LogP contribution is -2.08. The molecule has 0 rings (SSSR count). The van der Waals surface area contributed by atoms with Crippen LogP contribution in [0.3, 0.4) is 0 Å². The van der Waals surface area contributed by atoms with E-state index in [9.17, 15) is 8.78 Å². The predicted octanol–water partition coefficient (Wildman–Crippen LogP) is 1.44. The molecular weight excluding hydrogens is 229 g/mol. The Balaban J connectivity index is 3.10. The van der Waals surface area contributed by atoms with Crippen molar-refractivity contribution in [3.63, 3.8) is 0 Å². The zero-order valence-corrected chi connectivity index (χ0v) is 6.31. The van der Waals surface area contributed by atoms with E-state index >= 15 is 0 Å². The van der Waals surface area contributed by atoms with E-state index in [1.165, 1.54) is 0 Å². The molecule has 4 heteroatoms. The van der Waals surface area contributed by atoms with Crippen LogP contribution >= 0.6 is 22.6 Å². The number of hydrogen-bond donors (Lipinski definition) is 1. The fourth-order valence-corrected chi connectivity index (χ4v) is 0.652. The van der Waals surface area contributed by atoms with Crippen LogP contribution in [0.1, 0.15) is 6.42 Å². The van der Waals surface area contributed by atoms with Gasteiger partial charge in [0.2, 0.25) is 6.43 Å². The Hall–Kier alpha value is 0.550. The molecule has 0 aliphatic rings. The molecule has 0 spiro atoms. The van der Waals surface area contributed by atoms with Gasteiger partial charge in [0.1, 0.15) is 0 Å². The molecule has 0 aromatic carbocycles. The summed E-state index contributed by atoms with van der Waals surface area (Å²) in [6.07, 6.45) is -2.50. The maximum absolute atomic E-state index is 11.4. The van der Waals surface area contributed by atoms with Crippen molar-refractivity contribution in [3.8, 4) is 0 Å². The maximum Gasteiger partial charge on any atom is 0.239 e. The van der Waals surface area contributed by atoms with Crippen LogP contribution in [0, 0.1) is 0 Å². The molecule has 0 bridgehead atoms. The van der Waals surface area contributed by atoms with Crippen LogP contribution in [0.2, 0.25) is 0 Å². The van der Waals surface area contributed by atoms with Gasteiger partial charge in [0.05, 0.1) is 6.61 Å². The summed E-state index contributed by atoms with van der Waals surface area (Å²) in [7, 11) is 0. The highest BCUT2D eigenvalue weighted by atomic mass is 127. The lowest BCUT2D eigenvalue weighted by atomic mass is 10.3. The van der Waals surface area contributed by atoms with Gasteiger partial charge in [0, 0.05) is 10.3 Å². The molecular formula is C4H7F2IO. The highest BCUT2D eigenvalue weighted by Gasteiger charge is 2.09. The normalized spacial score (nSPS) is 14.6. The van der Waals surface area contributed by atoms with Crippen molar-refractivity contribution in [2.45, 2.75) is 16.8 Å². The molecule has 0 heterocycles. The summed E-state index contributed by atoms with van der Waals surface area (Å²) in [6.45, 7) is -0.162. The van der Waals surface area contributed by atoms with E-state index < -0.39 is 6.43 Å². The van der Waals surface area contributed by atoms with Gasteiger partial charge in [-0.3, -0.25) is 0 Å². The van der Waals surface area contributed by atoms with Gasteiger partial charge in [-0.25, -0.2) is 8.78 Å². The summed E-state index contributed by atoms with van der Waals surface area (Å²) in [5.41, 5.74) is 0. The minimum atomic E-state index is -2.29. The van der Waals surface area contributed by atoms with Crippen LogP contribution in [0.15, 0.2) is 0 Å². The fourth-order valence-electron chi connectivity index (χ4n) is 0.268. The molecule has 0 aliphatic carbocycles. The topological polar surface area (TPSA) is 20.2 Å². The van der Waals surface area contributed by atoms with Crippen molar-refractivity contribution >= 4 is 22.6 Å². The fraction of sp³-hybridized carbons (Fsp3) is 1.00. The average molecular weight is 236 g/mol. The van der Waals surface area contributed by atoms with Gasteiger partial charge in [0.25, 0.3) is 0 Å². The number of rotatable bonds is 3. The van der Waals surface area contributed by atoms with Crippen LogP contribution in [-0.2, 0) is 0 Å². The summed E-state index contributed by atoms with van der Waals surface area (Å²) >= 11 is 1.79. The maximum atomic E-state index is 11.4. The third kappa shape index (κ3) is 4.70. The second-order valence-corrected chi connectivity index (χ2v) is 3.17. The van der Waals surface area contributed by atoms with Gasteiger partial charge in [-0.2, -0.15) is 0 Å². The lowest BCUT2D eigenvalue weighted by molar-refractivity contribution is 0.129. The first-order valence-corrected chi connectivity index (χ1v) is 3.44. The van der Waals surface area contributed by atoms with E-state index in [-0.39, 0.29) is 17.0 Å². The van der Waals surface area contributed by atoms with Crippen LogP contribution in [0.5, 0.6) is 0 Å². The smallest absolute Gasteiger partial charge is 0.239 e. The molecule has 50 valence electrons. The van der Waals surface area contributed by atoms with E-state index in [2.05, 4.69) is 0 Å². The lowest BCUT2D eigenvalue weighted by Gasteiger charge is -2.02. The molecule has 1 unspecified atom stereocenters. The number of halogens is 3. The predicted molar refractivity (Wildman–Crippen MR) is 35.5 cm³/mol. The van der Waals surface area contributed by atoms with Gasteiger partial charge in [-0.1, -0.05) is 22.6 Å². The third-order valence-electron chi connectivity index (χ3n) is 0.632. The van der Waals surface area contributed by atoms with Crippen molar-refractivity contribution in [1.29, 1.82) is 0 Å². The monoisotopic (exact) mass is 236 g/mol. The summed E-state index contributed by atoms with van der Waals surface area (Å²) in [5, 5.41) is 8.24. The van der Waals surface area contributed by atoms with E-state index in [1.807, 2.05) is 0 Å². The Morgan fingerprint density at radius 3 is 2.12 bits per heavy atom. The summed E-state index contributed by atoms with van der Waals surface area (Å²) in [5.74, 6) is 0. The molecule has 0 fully saturated rings. The standard InChI is InChI=1S/C4H7F2IO/c5-4(6)1-3(7)2-8/h3-4,8H,1-2H2. The highest BCUT2D eigenvalue weighted by Crippen LogP contribution is 2.10. The zero-order valence-electron chi connectivity index (χ0n) is 4.15. The van der Waals surface area contributed by atoms with Crippen molar-refractivity contribution in [1.82, 2.24) is 0 Å². The van der Waals surface area contributed by atoms with Crippen molar-refractivity contribution in [2.75, 3.05) is 6.61 Å². The SMILES string of the molecule is OCC(I)CC(F)F. The number of alkyl halides is 3. The van der Waals surface area contributed by atoms with E-state index in [0.29, 0.717) is 0 Å². The largest absolute Gasteiger partial charge is 0.395 e. The van der Waals surface area contributed by atoms with E-state index in [1.54, 1.807) is 22.6 Å². The Morgan fingerprint density at radius 2 is 2.00 bits per heavy atom. The molecule has 0 radical (unpaired) electrons. The number of aliphatic hydroxyl groups is 1. The minimum Gasteiger partial charge on any atom is -0.395 e. The van der Waals surface area contributed by atoms with Gasteiger partial charge in [-0.05, 0) is 0 Å². The van der Waals surface area contributed by atoms with Gasteiger partial charge in [0.15, 0.2) is 0 Å². The molecule has 1 atom stereocenters. The van der Waals surface area contributed by atoms with Crippen LogP contribution in [0.4, 0.5) is 8.78 Å². The van der Waals surface area contributed by atoms with Gasteiger partial charge >= 0.3 is 0 Å². The Kier molecular flexibility index (Phi) is 4.74. The Morgan fingerprint density at radius 1 is 1.50 bits per heavy atom. The molecule has 1 nitrogen and oxygen atoms in total.